The van der Waals surface area contributed by atoms with Crippen LogP contribution < -0.4 is 5.32 Å². The third-order valence-corrected chi connectivity index (χ3v) is 6.00. The molecule has 0 aromatic carbocycles. The molecule has 0 aromatic rings. The molecular weight excluding hydrogens is 234 g/mol. The Bertz CT molecular complexity index is 336. The van der Waals surface area contributed by atoms with Gasteiger partial charge in [-0.3, -0.25) is 0 Å². The topological polar surface area (TPSA) is 21.3 Å². The highest BCUT2D eigenvalue weighted by atomic mass is 16.5. The van der Waals surface area contributed by atoms with Crippen LogP contribution in [0.5, 0.6) is 0 Å². The smallest absolute Gasteiger partial charge is 0.0690 e. The molecule has 1 N–H and O–H groups in total. The number of nitrogens with one attached hydrogen (secondary N) is 1. The Hall–Kier alpha value is -0.340. The van der Waals surface area contributed by atoms with Crippen LogP contribution in [0.3, 0.4) is 0 Å². The van der Waals surface area contributed by atoms with Crippen molar-refractivity contribution in [2.45, 2.75) is 59.5 Å². The molecule has 0 aliphatic heterocycles. The van der Waals surface area contributed by atoms with Crippen molar-refractivity contribution in [3.8, 4) is 0 Å². The molecule has 2 nitrogen and oxygen atoms in total. The minimum absolute atomic E-state index is 0.370. The third-order valence-electron chi connectivity index (χ3n) is 6.00. The lowest BCUT2D eigenvalue weighted by Gasteiger charge is -2.39. The molecule has 19 heavy (non-hydrogen) atoms. The molecule has 2 saturated carbocycles. The van der Waals surface area contributed by atoms with Crippen LogP contribution in [0.4, 0.5) is 0 Å². The van der Waals surface area contributed by atoms with Crippen LogP contribution in [0.25, 0.3) is 0 Å². The van der Waals surface area contributed by atoms with Crippen molar-refractivity contribution >= 4 is 0 Å². The first kappa shape index (κ1) is 15.1. The molecule has 3 atom stereocenters. The Balaban J connectivity index is 1.80. The van der Waals surface area contributed by atoms with E-state index in [0.717, 1.165) is 25.6 Å². The van der Waals surface area contributed by atoms with Gasteiger partial charge in [-0.1, -0.05) is 34.3 Å². The monoisotopic (exact) mass is 265 g/mol. The molecule has 3 unspecified atom stereocenters. The van der Waals surface area contributed by atoms with Crippen LogP contribution in [-0.2, 0) is 4.74 Å². The van der Waals surface area contributed by atoms with E-state index >= 15 is 0 Å². The Morgan fingerprint density at radius 2 is 2.11 bits per heavy atom. The molecule has 2 aliphatic carbocycles. The van der Waals surface area contributed by atoms with Crippen molar-refractivity contribution in [1.82, 2.24) is 5.32 Å². The van der Waals surface area contributed by atoms with Gasteiger partial charge in [0.25, 0.3) is 0 Å². The molecule has 2 aliphatic rings. The molecule has 2 heteroatoms. The standard InChI is InChI=1S/C17H31NO/c1-6-9-18-11-13(2)12-19-15-10-14-7-8-17(15,5)16(14,3)4/h14-15,18H,2,6-12H2,1,3-5H3. The average Bonchev–Trinajstić information content (AvgIpc) is 2.69. The Morgan fingerprint density at radius 3 is 2.63 bits per heavy atom. The molecule has 2 rings (SSSR count). The van der Waals surface area contributed by atoms with Crippen molar-refractivity contribution < 1.29 is 4.74 Å². The number of hydrogen-bond donors (Lipinski definition) is 1. The Morgan fingerprint density at radius 1 is 1.37 bits per heavy atom. The second-order valence-corrected chi connectivity index (χ2v) is 7.34. The van der Waals surface area contributed by atoms with Crippen molar-refractivity contribution in [3.05, 3.63) is 12.2 Å². The second-order valence-electron chi connectivity index (χ2n) is 7.34. The summed E-state index contributed by atoms with van der Waals surface area (Å²) in [5.41, 5.74) is 1.99. The van der Waals surface area contributed by atoms with Crippen LogP contribution in [0.1, 0.15) is 53.4 Å². The molecule has 0 spiro atoms. The van der Waals surface area contributed by atoms with Crippen LogP contribution in [0.15, 0.2) is 12.2 Å². The number of fused-ring (bicyclic) bond motifs is 2. The van der Waals surface area contributed by atoms with Crippen LogP contribution in [0, 0.1) is 16.7 Å². The number of ether oxygens (including phenoxy) is 1. The normalized spacial score (nSPS) is 35.8. The van der Waals surface area contributed by atoms with E-state index in [1.165, 1.54) is 31.3 Å². The molecule has 0 aromatic heterocycles. The lowest BCUT2D eigenvalue weighted by atomic mass is 9.70. The van der Waals surface area contributed by atoms with Crippen LogP contribution in [-0.4, -0.2) is 25.8 Å². The first-order valence-electron chi connectivity index (χ1n) is 7.90. The highest BCUT2D eigenvalue weighted by Crippen LogP contribution is 2.66. The van der Waals surface area contributed by atoms with E-state index in [0.29, 0.717) is 16.9 Å². The van der Waals surface area contributed by atoms with Gasteiger partial charge in [-0.25, -0.2) is 0 Å². The minimum Gasteiger partial charge on any atom is -0.373 e. The molecule has 0 heterocycles. The lowest BCUT2D eigenvalue weighted by molar-refractivity contribution is -0.0378. The van der Waals surface area contributed by atoms with Gasteiger partial charge in [-0.05, 0) is 54.5 Å². The molecule has 0 radical (unpaired) electrons. The van der Waals surface area contributed by atoms with E-state index in [9.17, 15) is 0 Å². The maximum absolute atomic E-state index is 6.23. The summed E-state index contributed by atoms with van der Waals surface area (Å²) in [7, 11) is 0. The summed E-state index contributed by atoms with van der Waals surface area (Å²) in [6.45, 7) is 16.3. The maximum Gasteiger partial charge on any atom is 0.0690 e. The van der Waals surface area contributed by atoms with E-state index in [4.69, 9.17) is 4.74 Å². The third kappa shape index (κ3) is 2.62. The summed E-state index contributed by atoms with van der Waals surface area (Å²) in [5, 5.41) is 3.39. The van der Waals surface area contributed by atoms with Crippen molar-refractivity contribution in [3.63, 3.8) is 0 Å². The summed E-state index contributed by atoms with van der Waals surface area (Å²) in [6.07, 6.45) is 5.58. The highest BCUT2D eigenvalue weighted by molar-refractivity contribution is 5.11. The first-order valence-corrected chi connectivity index (χ1v) is 7.90. The van der Waals surface area contributed by atoms with Gasteiger partial charge in [-0.2, -0.15) is 0 Å². The largest absolute Gasteiger partial charge is 0.373 e. The fourth-order valence-corrected chi connectivity index (χ4v) is 4.09. The van der Waals surface area contributed by atoms with Crippen LogP contribution >= 0.6 is 0 Å². The van der Waals surface area contributed by atoms with Gasteiger partial charge in [0.1, 0.15) is 0 Å². The zero-order valence-electron chi connectivity index (χ0n) is 13.2. The number of hydrogen-bond acceptors (Lipinski definition) is 2. The Kier molecular flexibility index (Phi) is 4.42. The van der Waals surface area contributed by atoms with Gasteiger partial charge in [0.2, 0.25) is 0 Å². The second kappa shape index (κ2) is 5.57. The van der Waals surface area contributed by atoms with Crippen LogP contribution in [0.2, 0.25) is 0 Å². The van der Waals surface area contributed by atoms with Gasteiger partial charge < -0.3 is 10.1 Å². The fraction of sp³-hybridized carbons (Fsp3) is 0.882. The molecule has 2 fully saturated rings. The van der Waals surface area contributed by atoms with E-state index < -0.39 is 0 Å². The summed E-state index contributed by atoms with van der Waals surface area (Å²) >= 11 is 0. The average molecular weight is 265 g/mol. The molecule has 110 valence electrons. The van der Waals surface area contributed by atoms with Gasteiger partial charge in [0, 0.05) is 6.54 Å². The molecule has 0 amide bonds. The summed E-state index contributed by atoms with van der Waals surface area (Å²) in [4.78, 5) is 0. The maximum atomic E-state index is 6.23. The van der Waals surface area contributed by atoms with Gasteiger partial charge in [0.05, 0.1) is 12.7 Å². The van der Waals surface area contributed by atoms with Gasteiger partial charge >= 0.3 is 0 Å². The Labute approximate surface area is 119 Å². The zero-order chi connectivity index (χ0) is 14.1. The van der Waals surface area contributed by atoms with E-state index in [-0.39, 0.29) is 0 Å². The van der Waals surface area contributed by atoms with E-state index in [2.05, 4.69) is 39.6 Å². The molecule has 0 saturated heterocycles. The predicted octanol–water partition coefficient (Wildman–Crippen LogP) is 3.77. The van der Waals surface area contributed by atoms with E-state index in [1.54, 1.807) is 0 Å². The van der Waals surface area contributed by atoms with Crippen molar-refractivity contribution in [1.29, 1.82) is 0 Å². The van der Waals surface area contributed by atoms with Crippen molar-refractivity contribution in [2.75, 3.05) is 19.7 Å². The lowest BCUT2D eigenvalue weighted by Crippen LogP contribution is -2.37. The first-order chi connectivity index (χ1) is 8.91. The SMILES string of the molecule is C=C(CNCCC)COC1CC2CCC1(C)C2(C)C. The van der Waals surface area contributed by atoms with E-state index in [1.807, 2.05) is 0 Å². The van der Waals surface area contributed by atoms with Gasteiger partial charge in [-0.15, -0.1) is 0 Å². The number of rotatable bonds is 7. The summed E-state index contributed by atoms with van der Waals surface area (Å²) < 4.78 is 6.23. The summed E-state index contributed by atoms with van der Waals surface area (Å²) in [6, 6.07) is 0. The van der Waals surface area contributed by atoms with Gasteiger partial charge in [0.15, 0.2) is 0 Å². The van der Waals surface area contributed by atoms with Crippen molar-refractivity contribution in [2.24, 2.45) is 16.7 Å². The molecule has 2 bridgehead atoms. The minimum atomic E-state index is 0.370. The zero-order valence-corrected chi connectivity index (χ0v) is 13.2. The predicted molar refractivity (Wildman–Crippen MR) is 81.3 cm³/mol. The quantitative estimate of drug-likeness (QED) is 0.559. The fourth-order valence-electron chi connectivity index (χ4n) is 4.09. The highest BCUT2D eigenvalue weighted by Gasteiger charge is 2.61. The summed E-state index contributed by atoms with van der Waals surface area (Å²) in [5.74, 6) is 0.856. The molecular formula is C17H31NO.